The van der Waals surface area contributed by atoms with Crippen LogP contribution in [0.25, 0.3) is 10.9 Å². The van der Waals surface area contributed by atoms with Crippen molar-refractivity contribution in [1.82, 2.24) is 4.57 Å². The first kappa shape index (κ1) is 19.4. The predicted octanol–water partition coefficient (Wildman–Crippen LogP) is 5.15. The number of hydrogen-bond donors (Lipinski definition) is 1. The molecule has 6 heteroatoms. The van der Waals surface area contributed by atoms with Gasteiger partial charge in [-0.15, -0.1) is 16.8 Å². The number of amides is 1. The number of aromatic nitrogens is 1. The van der Waals surface area contributed by atoms with Crippen LogP contribution in [0.2, 0.25) is 0 Å². The number of nitrogens with zero attached hydrogens (tertiary/aromatic N) is 3. The Hall–Kier alpha value is -3.41. The summed E-state index contributed by atoms with van der Waals surface area (Å²) in [6.45, 7) is 9.78. The highest BCUT2D eigenvalue weighted by Crippen LogP contribution is 2.38. The molecule has 1 aromatic heterocycles. The number of aromatic hydroxyl groups is 1. The van der Waals surface area contributed by atoms with Gasteiger partial charge in [-0.3, -0.25) is 4.79 Å². The lowest BCUT2D eigenvalue weighted by atomic mass is 10.1. The molecular formula is C22H23N3O3. The molecule has 0 saturated carbocycles. The molecule has 3 aromatic rings. The average molecular weight is 377 g/mol. The molecule has 28 heavy (non-hydrogen) atoms. The molecular weight excluding hydrogens is 354 g/mol. The highest BCUT2D eigenvalue weighted by atomic mass is 16.5. The molecule has 1 N–H and O–H groups in total. The van der Waals surface area contributed by atoms with Crippen molar-refractivity contribution in [2.45, 2.75) is 27.3 Å². The number of ether oxygens (including phenoxy) is 1. The van der Waals surface area contributed by atoms with Crippen LogP contribution in [0.3, 0.4) is 0 Å². The van der Waals surface area contributed by atoms with Crippen LogP contribution in [0, 0.1) is 20.8 Å². The van der Waals surface area contributed by atoms with Gasteiger partial charge in [0.25, 0.3) is 0 Å². The molecule has 0 aliphatic heterocycles. The fraction of sp³-hybridized carbons (Fsp3) is 0.227. The third-order valence-electron chi connectivity index (χ3n) is 4.70. The zero-order valence-electron chi connectivity index (χ0n) is 16.3. The topological polar surface area (TPSA) is 76.2 Å². The summed E-state index contributed by atoms with van der Waals surface area (Å²) in [5, 5.41) is 18.9. The number of carbonyl (C=O) groups excluding carboxylic acids is 1. The van der Waals surface area contributed by atoms with E-state index in [1.54, 1.807) is 10.6 Å². The Balaban J connectivity index is 1.81. The summed E-state index contributed by atoms with van der Waals surface area (Å²) in [7, 11) is 0. The highest BCUT2D eigenvalue weighted by molar-refractivity contribution is 5.95. The second-order valence-corrected chi connectivity index (χ2v) is 6.62. The first-order chi connectivity index (χ1) is 13.4. The van der Waals surface area contributed by atoms with Crippen LogP contribution in [0.4, 0.5) is 5.69 Å². The normalized spacial score (nSPS) is 11.2. The van der Waals surface area contributed by atoms with E-state index in [0.29, 0.717) is 17.7 Å². The summed E-state index contributed by atoms with van der Waals surface area (Å²) in [5.74, 6) is 0.109. The van der Waals surface area contributed by atoms with E-state index >= 15 is 0 Å². The lowest BCUT2D eigenvalue weighted by molar-refractivity contribution is -0.120. The van der Waals surface area contributed by atoms with Gasteiger partial charge in [-0.1, -0.05) is 36.4 Å². The van der Waals surface area contributed by atoms with Crippen molar-refractivity contribution in [2.24, 2.45) is 10.2 Å². The van der Waals surface area contributed by atoms with E-state index in [9.17, 15) is 9.90 Å². The van der Waals surface area contributed by atoms with E-state index in [1.807, 2.05) is 57.2 Å². The summed E-state index contributed by atoms with van der Waals surface area (Å²) in [6, 6.07) is 11.4. The van der Waals surface area contributed by atoms with Crippen LogP contribution < -0.4 is 4.74 Å². The monoisotopic (exact) mass is 377 g/mol. The number of allylic oxidation sites excluding steroid dienone is 1. The summed E-state index contributed by atoms with van der Waals surface area (Å²) < 4.78 is 7.34. The third-order valence-corrected chi connectivity index (χ3v) is 4.70. The smallest absolute Gasteiger partial charge is 0.302 e. The maximum Gasteiger partial charge on any atom is 0.302 e. The largest absolute Gasteiger partial charge is 0.493 e. The van der Waals surface area contributed by atoms with Gasteiger partial charge in [0.15, 0.2) is 12.3 Å². The molecule has 0 spiro atoms. The van der Waals surface area contributed by atoms with Crippen molar-refractivity contribution < 1.29 is 14.6 Å². The molecule has 1 heterocycles. The first-order valence-electron chi connectivity index (χ1n) is 8.99. The minimum absolute atomic E-state index is 0.0519. The van der Waals surface area contributed by atoms with Crippen LogP contribution in [0.1, 0.15) is 16.7 Å². The molecule has 0 radical (unpaired) electrons. The molecule has 144 valence electrons. The van der Waals surface area contributed by atoms with Crippen molar-refractivity contribution >= 4 is 22.5 Å². The van der Waals surface area contributed by atoms with Crippen molar-refractivity contribution in [2.75, 3.05) is 6.61 Å². The Kier molecular flexibility index (Phi) is 5.59. The standard InChI is InChI=1S/C22H23N3O3/c1-5-12-25-18-9-7-6-8-17(18)20(22(25)27)24-23-19(26)13-28-21-15(3)11-10-14(2)16(21)4/h5-11,27H,1,12-13H2,2-4H3. The number of rotatable bonds is 6. The molecule has 0 unspecified atom stereocenters. The second kappa shape index (κ2) is 8.08. The molecule has 1 amide bonds. The third kappa shape index (κ3) is 3.67. The van der Waals surface area contributed by atoms with Gasteiger partial charge in [-0.2, -0.15) is 0 Å². The van der Waals surface area contributed by atoms with Gasteiger partial charge in [0.05, 0.1) is 5.52 Å². The number of para-hydroxylation sites is 1. The van der Waals surface area contributed by atoms with Gasteiger partial charge in [0.2, 0.25) is 5.88 Å². The predicted molar refractivity (Wildman–Crippen MR) is 109 cm³/mol. The Morgan fingerprint density at radius 3 is 2.64 bits per heavy atom. The van der Waals surface area contributed by atoms with Gasteiger partial charge in [0.1, 0.15) is 5.75 Å². The summed E-state index contributed by atoms with van der Waals surface area (Å²) in [5.41, 5.74) is 4.10. The number of fused-ring (bicyclic) bond motifs is 1. The van der Waals surface area contributed by atoms with Gasteiger partial charge in [0, 0.05) is 11.9 Å². The van der Waals surface area contributed by atoms with Crippen molar-refractivity contribution in [1.29, 1.82) is 0 Å². The van der Waals surface area contributed by atoms with E-state index in [0.717, 1.165) is 22.2 Å². The van der Waals surface area contributed by atoms with Crippen LogP contribution in [0.5, 0.6) is 11.6 Å². The number of hydrogen-bond acceptors (Lipinski definition) is 4. The lowest BCUT2D eigenvalue weighted by Crippen LogP contribution is -2.10. The molecule has 0 aliphatic carbocycles. The first-order valence-corrected chi connectivity index (χ1v) is 8.99. The summed E-state index contributed by atoms with van der Waals surface area (Å²) in [4.78, 5) is 12.2. The zero-order chi connectivity index (χ0) is 20.3. The Morgan fingerprint density at radius 2 is 1.89 bits per heavy atom. The molecule has 0 bridgehead atoms. The van der Waals surface area contributed by atoms with Gasteiger partial charge >= 0.3 is 5.91 Å². The number of benzene rings is 2. The number of azo groups is 1. The quantitative estimate of drug-likeness (QED) is 0.477. The summed E-state index contributed by atoms with van der Waals surface area (Å²) in [6.07, 6.45) is 1.68. The minimum atomic E-state index is -0.528. The van der Waals surface area contributed by atoms with Crippen molar-refractivity contribution in [3.05, 3.63) is 65.7 Å². The molecule has 0 atom stereocenters. The van der Waals surface area contributed by atoms with Gasteiger partial charge in [-0.05, 0) is 43.5 Å². The van der Waals surface area contributed by atoms with E-state index in [1.165, 1.54) is 0 Å². The maximum atomic E-state index is 12.2. The molecule has 0 aliphatic rings. The minimum Gasteiger partial charge on any atom is -0.493 e. The van der Waals surface area contributed by atoms with Gasteiger partial charge in [-0.25, -0.2) is 0 Å². The Morgan fingerprint density at radius 1 is 1.18 bits per heavy atom. The molecule has 6 nitrogen and oxygen atoms in total. The molecule has 2 aromatic carbocycles. The average Bonchev–Trinajstić information content (AvgIpc) is 2.95. The fourth-order valence-electron chi connectivity index (χ4n) is 3.10. The van der Waals surface area contributed by atoms with Crippen LogP contribution in [0.15, 0.2) is 59.3 Å². The van der Waals surface area contributed by atoms with Crippen LogP contribution in [-0.4, -0.2) is 22.2 Å². The molecule has 0 fully saturated rings. The van der Waals surface area contributed by atoms with Crippen LogP contribution in [-0.2, 0) is 11.3 Å². The van der Waals surface area contributed by atoms with Crippen molar-refractivity contribution in [3.8, 4) is 11.6 Å². The molecule has 0 saturated heterocycles. The van der Waals surface area contributed by atoms with E-state index < -0.39 is 5.91 Å². The van der Waals surface area contributed by atoms with Gasteiger partial charge < -0.3 is 14.4 Å². The van der Waals surface area contributed by atoms with E-state index in [-0.39, 0.29) is 18.2 Å². The van der Waals surface area contributed by atoms with E-state index in [4.69, 9.17) is 4.74 Å². The number of aryl methyl sites for hydroxylation is 2. The summed E-state index contributed by atoms with van der Waals surface area (Å²) >= 11 is 0. The SMILES string of the molecule is C=CCn1c(O)c(N=NC(=O)COc2c(C)ccc(C)c2C)c2ccccc21. The Bertz CT molecular complexity index is 1080. The fourth-order valence-corrected chi connectivity index (χ4v) is 3.10. The lowest BCUT2D eigenvalue weighted by Gasteiger charge is -2.12. The molecule has 3 rings (SSSR count). The Labute approximate surface area is 163 Å². The number of carbonyl (C=O) groups is 1. The second-order valence-electron chi connectivity index (χ2n) is 6.62. The highest BCUT2D eigenvalue weighted by Gasteiger charge is 2.16. The van der Waals surface area contributed by atoms with E-state index in [2.05, 4.69) is 16.8 Å². The van der Waals surface area contributed by atoms with Crippen LogP contribution >= 0.6 is 0 Å². The zero-order valence-corrected chi connectivity index (χ0v) is 16.3. The van der Waals surface area contributed by atoms with Crippen molar-refractivity contribution in [3.63, 3.8) is 0 Å². The maximum absolute atomic E-state index is 12.2.